The van der Waals surface area contributed by atoms with Crippen molar-refractivity contribution < 1.29 is 22.8 Å². The van der Waals surface area contributed by atoms with E-state index in [2.05, 4.69) is 21.2 Å². The normalized spacial score (nSPS) is 15.0. The van der Waals surface area contributed by atoms with Crippen LogP contribution < -0.4 is 5.32 Å². The van der Waals surface area contributed by atoms with Crippen LogP contribution in [0.2, 0.25) is 0 Å². The molecule has 2 aromatic rings. The molecule has 8 nitrogen and oxygen atoms in total. The molecule has 1 heterocycles. The van der Waals surface area contributed by atoms with E-state index in [0.29, 0.717) is 6.54 Å². The van der Waals surface area contributed by atoms with Gasteiger partial charge in [-0.2, -0.15) is 0 Å². The summed E-state index contributed by atoms with van der Waals surface area (Å²) in [7, 11) is -4.00. The number of halogens is 1. The maximum absolute atomic E-state index is 13.2. The zero-order valence-corrected chi connectivity index (χ0v) is 21.6. The number of hydrogen-bond donors (Lipinski definition) is 1. The molecular formula is C24H28BrN3O5S. The summed E-state index contributed by atoms with van der Waals surface area (Å²) >= 11 is 3.38. The van der Waals surface area contributed by atoms with Gasteiger partial charge < -0.3 is 10.2 Å². The molecule has 0 saturated heterocycles. The Balaban J connectivity index is 1.76. The van der Waals surface area contributed by atoms with Gasteiger partial charge in [0.2, 0.25) is 11.8 Å². The molecule has 1 N–H and O–H groups in total. The highest BCUT2D eigenvalue weighted by atomic mass is 79.9. The van der Waals surface area contributed by atoms with Crippen LogP contribution in [0.4, 0.5) is 0 Å². The van der Waals surface area contributed by atoms with Crippen LogP contribution in [0, 0.1) is 0 Å². The van der Waals surface area contributed by atoms with Gasteiger partial charge in [-0.3, -0.25) is 14.4 Å². The van der Waals surface area contributed by atoms with Crippen molar-refractivity contribution in [2.75, 3.05) is 13.1 Å². The van der Waals surface area contributed by atoms with E-state index in [-0.39, 0.29) is 35.9 Å². The summed E-state index contributed by atoms with van der Waals surface area (Å²) in [5.74, 6) is -1.34. The molecule has 0 aromatic heterocycles. The first-order chi connectivity index (χ1) is 16.2. The van der Waals surface area contributed by atoms with Crippen molar-refractivity contribution >= 4 is 43.7 Å². The van der Waals surface area contributed by atoms with E-state index in [9.17, 15) is 22.8 Å². The van der Waals surface area contributed by atoms with Crippen LogP contribution in [0.15, 0.2) is 57.9 Å². The van der Waals surface area contributed by atoms with Gasteiger partial charge in [-0.25, -0.2) is 12.7 Å². The van der Waals surface area contributed by atoms with Crippen molar-refractivity contribution in [2.45, 2.75) is 50.6 Å². The highest BCUT2D eigenvalue weighted by molar-refractivity contribution is 9.10. The lowest BCUT2D eigenvalue weighted by molar-refractivity contribution is -0.140. The molecule has 0 radical (unpaired) electrons. The first-order valence-corrected chi connectivity index (χ1v) is 13.4. The van der Waals surface area contributed by atoms with Crippen LogP contribution in [0.25, 0.3) is 0 Å². The molecule has 3 rings (SSSR count). The Bertz CT molecular complexity index is 1170. The van der Waals surface area contributed by atoms with Gasteiger partial charge >= 0.3 is 0 Å². The van der Waals surface area contributed by atoms with Gasteiger partial charge in [0.25, 0.3) is 15.9 Å². The van der Waals surface area contributed by atoms with Gasteiger partial charge in [0.1, 0.15) is 10.9 Å². The average Bonchev–Trinajstić information content (AvgIpc) is 3.02. The van der Waals surface area contributed by atoms with Crippen LogP contribution in [0.3, 0.4) is 0 Å². The van der Waals surface area contributed by atoms with E-state index in [0.717, 1.165) is 27.2 Å². The molecule has 10 heteroatoms. The molecule has 1 aliphatic rings. The minimum absolute atomic E-state index is 0.0529. The Morgan fingerprint density at radius 3 is 2.44 bits per heavy atom. The van der Waals surface area contributed by atoms with Crippen LogP contribution >= 0.6 is 15.9 Å². The number of benzene rings is 2. The number of nitrogens with zero attached hydrogens (tertiary/aromatic N) is 2. The van der Waals surface area contributed by atoms with E-state index in [4.69, 9.17) is 0 Å². The standard InChI is InChI=1S/C24H28BrN3O5S/c1-3-4-14-26-23(30)17(2)27(16-18-9-11-19(25)12-10-18)22(29)13-15-28-24(31)20-7-5-6-8-21(20)34(28,32)33/h5-12,17H,3-4,13-16H2,1-2H3,(H,26,30)/t17-/m0/s1. The van der Waals surface area contributed by atoms with Crippen molar-refractivity contribution in [3.63, 3.8) is 0 Å². The number of carbonyl (C=O) groups is 3. The number of rotatable bonds is 10. The number of nitrogens with one attached hydrogen (secondary N) is 1. The second-order valence-corrected chi connectivity index (χ2v) is 10.8. The molecule has 3 amide bonds. The molecule has 0 saturated carbocycles. The smallest absolute Gasteiger partial charge is 0.269 e. The number of amides is 3. The van der Waals surface area contributed by atoms with Gasteiger partial charge in [0.05, 0.1) is 5.56 Å². The molecule has 0 aliphatic carbocycles. The maximum Gasteiger partial charge on any atom is 0.269 e. The first-order valence-electron chi connectivity index (χ1n) is 11.1. The summed E-state index contributed by atoms with van der Waals surface area (Å²) in [6.07, 6.45) is 1.52. The lowest BCUT2D eigenvalue weighted by Gasteiger charge is -2.29. The maximum atomic E-state index is 13.2. The molecule has 2 aromatic carbocycles. The van der Waals surface area contributed by atoms with Gasteiger partial charge in [-0.1, -0.05) is 53.5 Å². The van der Waals surface area contributed by atoms with Crippen LogP contribution in [-0.4, -0.2) is 54.5 Å². The molecule has 0 unspecified atom stereocenters. The molecule has 0 spiro atoms. The Hall–Kier alpha value is -2.72. The second-order valence-electron chi connectivity index (χ2n) is 8.10. The largest absolute Gasteiger partial charge is 0.354 e. The molecule has 34 heavy (non-hydrogen) atoms. The summed E-state index contributed by atoms with van der Waals surface area (Å²) in [5.41, 5.74) is 0.923. The number of fused-ring (bicyclic) bond motifs is 1. The fraction of sp³-hybridized carbons (Fsp3) is 0.375. The summed E-state index contributed by atoms with van der Waals surface area (Å²) in [6.45, 7) is 4.06. The summed E-state index contributed by atoms with van der Waals surface area (Å²) < 4.78 is 27.2. The first kappa shape index (κ1) is 25.9. The van der Waals surface area contributed by atoms with Crippen LogP contribution in [0.1, 0.15) is 49.0 Å². The van der Waals surface area contributed by atoms with Crippen LogP contribution in [-0.2, 0) is 26.2 Å². The highest BCUT2D eigenvalue weighted by Gasteiger charge is 2.41. The summed E-state index contributed by atoms with van der Waals surface area (Å²) in [6, 6.07) is 12.6. The van der Waals surface area contributed by atoms with Gasteiger partial charge in [-0.15, -0.1) is 0 Å². The number of hydrogen-bond acceptors (Lipinski definition) is 5. The summed E-state index contributed by atoms with van der Waals surface area (Å²) in [5, 5.41) is 2.84. The average molecular weight is 550 g/mol. The third-order valence-electron chi connectivity index (χ3n) is 5.70. The lowest BCUT2D eigenvalue weighted by atomic mass is 10.1. The minimum atomic E-state index is -4.00. The van der Waals surface area contributed by atoms with E-state index in [1.165, 1.54) is 17.0 Å². The van der Waals surface area contributed by atoms with E-state index < -0.39 is 27.9 Å². The minimum Gasteiger partial charge on any atom is -0.354 e. The Labute approximate surface area is 208 Å². The predicted octanol–water partition coefficient (Wildman–Crippen LogP) is 3.32. The highest BCUT2D eigenvalue weighted by Crippen LogP contribution is 2.30. The second kappa shape index (κ2) is 11.1. The number of sulfonamides is 1. The topological polar surface area (TPSA) is 104 Å². The van der Waals surface area contributed by atoms with E-state index in [1.807, 2.05) is 31.2 Å². The molecule has 182 valence electrons. The zero-order chi connectivity index (χ0) is 24.9. The number of carbonyl (C=O) groups excluding carboxylic acids is 3. The Morgan fingerprint density at radius 2 is 1.79 bits per heavy atom. The van der Waals surface area contributed by atoms with E-state index in [1.54, 1.807) is 19.1 Å². The van der Waals surface area contributed by atoms with Crippen molar-refractivity contribution in [1.29, 1.82) is 0 Å². The fourth-order valence-electron chi connectivity index (χ4n) is 3.70. The quantitative estimate of drug-likeness (QED) is 0.458. The van der Waals surface area contributed by atoms with Crippen LogP contribution in [0.5, 0.6) is 0 Å². The Kier molecular flexibility index (Phi) is 8.48. The lowest BCUT2D eigenvalue weighted by Crippen LogP contribution is -2.48. The Morgan fingerprint density at radius 1 is 1.12 bits per heavy atom. The summed E-state index contributed by atoms with van der Waals surface area (Å²) in [4.78, 5) is 40.0. The zero-order valence-electron chi connectivity index (χ0n) is 19.2. The van der Waals surface area contributed by atoms with Gasteiger partial charge in [-0.05, 0) is 43.2 Å². The SMILES string of the molecule is CCCCNC(=O)[C@H](C)N(Cc1ccc(Br)cc1)C(=O)CCN1C(=O)c2ccccc2S1(=O)=O. The van der Waals surface area contributed by atoms with E-state index >= 15 is 0 Å². The third-order valence-corrected chi connectivity index (χ3v) is 8.07. The number of unbranched alkanes of at least 4 members (excludes halogenated alkanes) is 1. The van der Waals surface area contributed by atoms with Crippen molar-refractivity contribution in [2.24, 2.45) is 0 Å². The fourth-order valence-corrected chi connectivity index (χ4v) is 5.53. The van der Waals surface area contributed by atoms with Gasteiger partial charge in [0.15, 0.2) is 0 Å². The molecule has 0 bridgehead atoms. The third kappa shape index (κ3) is 5.67. The van der Waals surface area contributed by atoms with Crippen molar-refractivity contribution in [3.05, 3.63) is 64.1 Å². The predicted molar refractivity (Wildman–Crippen MR) is 131 cm³/mol. The van der Waals surface area contributed by atoms with Crippen molar-refractivity contribution in [1.82, 2.24) is 14.5 Å². The monoisotopic (exact) mass is 549 g/mol. The molecule has 0 fully saturated rings. The molecular weight excluding hydrogens is 522 g/mol. The molecule has 1 aliphatic heterocycles. The van der Waals surface area contributed by atoms with Gasteiger partial charge in [0, 0.05) is 30.5 Å². The van der Waals surface area contributed by atoms with Crippen molar-refractivity contribution in [3.8, 4) is 0 Å². The molecule has 1 atom stereocenters.